The highest BCUT2D eigenvalue weighted by Crippen LogP contribution is 2.13. The quantitative estimate of drug-likeness (QED) is 0.690. The molecule has 0 heterocycles. The number of amides is 2. The minimum absolute atomic E-state index is 0.226. The van der Waals surface area contributed by atoms with Crippen LogP contribution in [0.4, 0.5) is 0 Å². The summed E-state index contributed by atoms with van der Waals surface area (Å²) in [5, 5.41) is 2.66. The molecule has 7 heteroatoms. The summed E-state index contributed by atoms with van der Waals surface area (Å²) in [5.74, 6) is -0.798. The van der Waals surface area contributed by atoms with Crippen LogP contribution in [0.5, 0.6) is 5.75 Å². The average Bonchev–Trinajstić information content (AvgIpc) is 2.51. The minimum atomic E-state index is -0.696. The topological polar surface area (TPSA) is 108 Å². The Labute approximate surface area is 135 Å². The summed E-state index contributed by atoms with van der Waals surface area (Å²) in [6.45, 7) is 3.67. The summed E-state index contributed by atoms with van der Waals surface area (Å²) in [6.07, 6.45) is 0.484. The van der Waals surface area contributed by atoms with Gasteiger partial charge in [-0.15, -0.1) is 0 Å². The van der Waals surface area contributed by atoms with E-state index in [9.17, 15) is 14.4 Å². The van der Waals surface area contributed by atoms with Crippen LogP contribution in [0, 0.1) is 5.92 Å². The normalized spacial score (nSPS) is 11.7. The van der Waals surface area contributed by atoms with Crippen LogP contribution in [0.2, 0.25) is 0 Å². The molecule has 1 aromatic rings. The Balaban J connectivity index is 2.71. The van der Waals surface area contributed by atoms with Gasteiger partial charge in [0, 0.05) is 5.56 Å². The number of nitrogens with two attached hydrogens (primary N) is 1. The number of hydrogen-bond donors (Lipinski definition) is 2. The number of carbonyl (C=O) groups excluding carboxylic acids is 3. The van der Waals surface area contributed by atoms with Gasteiger partial charge < -0.3 is 20.5 Å². The maximum absolute atomic E-state index is 12.2. The van der Waals surface area contributed by atoms with Gasteiger partial charge in [-0.1, -0.05) is 13.8 Å². The van der Waals surface area contributed by atoms with Crippen molar-refractivity contribution in [1.29, 1.82) is 0 Å². The van der Waals surface area contributed by atoms with Crippen LogP contribution >= 0.6 is 0 Å². The van der Waals surface area contributed by atoms with Crippen LogP contribution in [0.15, 0.2) is 24.3 Å². The lowest BCUT2D eigenvalue weighted by Crippen LogP contribution is -2.42. The highest BCUT2D eigenvalue weighted by Gasteiger charge is 2.23. The predicted octanol–water partition coefficient (Wildman–Crippen LogP) is 0.868. The number of esters is 1. The lowest BCUT2D eigenvalue weighted by Gasteiger charge is -2.18. The van der Waals surface area contributed by atoms with E-state index < -0.39 is 17.9 Å². The first-order valence-corrected chi connectivity index (χ1v) is 7.23. The molecule has 23 heavy (non-hydrogen) atoms. The molecule has 3 N–H and O–H groups in total. The molecule has 2 amide bonds. The van der Waals surface area contributed by atoms with Crippen molar-refractivity contribution in [3.8, 4) is 5.75 Å². The Bertz CT molecular complexity index is 554. The second-order valence-corrected chi connectivity index (χ2v) is 5.46. The largest absolute Gasteiger partial charge is 0.484 e. The van der Waals surface area contributed by atoms with Crippen LogP contribution in [0.25, 0.3) is 0 Å². The zero-order valence-corrected chi connectivity index (χ0v) is 13.5. The van der Waals surface area contributed by atoms with E-state index in [0.29, 0.717) is 17.7 Å². The molecule has 0 spiro atoms. The third kappa shape index (κ3) is 6.37. The molecule has 1 rings (SSSR count). The molecule has 0 aliphatic heterocycles. The van der Waals surface area contributed by atoms with E-state index in [1.54, 1.807) is 12.1 Å². The average molecular weight is 322 g/mol. The van der Waals surface area contributed by atoms with E-state index in [1.165, 1.54) is 19.2 Å². The molecule has 7 nitrogen and oxygen atoms in total. The lowest BCUT2D eigenvalue weighted by atomic mass is 10.0. The van der Waals surface area contributed by atoms with Crippen molar-refractivity contribution >= 4 is 17.8 Å². The number of hydrogen-bond acceptors (Lipinski definition) is 5. The van der Waals surface area contributed by atoms with Gasteiger partial charge in [-0.05, 0) is 36.6 Å². The summed E-state index contributed by atoms with van der Waals surface area (Å²) < 4.78 is 9.82. The first-order valence-electron chi connectivity index (χ1n) is 7.23. The summed E-state index contributed by atoms with van der Waals surface area (Å²) in [7, 11) is 1.28. The lowest BCUT2D eigenvalue weighted by molar-refractivity contribution is -0.143. The van der Waals surface area contributed by atoms with Gasteiger partial charge in [0.15, 0.2) is 6.61 Å². The van der Waals surface area contributed by atoms with E-state index in [-0.39, 0.29) is 18.4 Å². The Morgan fingerprint density at radius 2 is 1.78 bits per heavy atom. The molecule has 1 aromatic carbocycles. The SMILES string of the molecule is COC(=O)[C@H](CC(C)C)NC(=O)c1ccc(OCC(N)=O)cc1. The third-order valence-corrected chi connectivity index (χ3v) is 3.00. The fourth-order valence-electron chi connectivity index (χ4n) is 1.93. The van der Waals surface area contributed by atoms with E-state index in [0.717, 1.165) is 0 Å². The van der Waals surface area contributed by atoms with Crippen LogP contribution in [-0.4, -0.2) is 37.5 Å². The molecule has 0 saturated heterocycles. The number of nitrogens with one attached hydrogen (secondary N) is 1. The molecule has 1 atom stereocenters. The molecular weight excluding hydrogens is 300 g/mol. The number of methoxy groups -OCH3 is 1. The minimum Gasteiger partial charge on any atom is -0.484 e. The molecule has 0 bridgehead atoms. The molecule has 0 saturated carbocycles. The Kier molecular flexibility index (Phi) is 7.05. The summed E-state index contributed by atoms with van der Waals surface area (Å²) in [4.78, 5) is 34.6. The third-order valence-electron chi connectivity index (χ3n) is 3.00. The molecular formula is C16H22N2O5. The maximum Gasteiger partial charge on any atom is 0.328 e. The molecule has 126 valence electrons. The van der Waals surface area contributed by atoms with E-state index in [1.807, 2.05) is 13.8 Å². The summed E-state index contributed by atoms with van der Waals surface area (Å²) >= 11 is 0. The van der Waals surface area contributed by atoms with E-state index in [4.69, 9.17) is 15.2 Å². The van der Waals surface area contributed by atoms with Crippen LogP contribution in [0.1, 0.15) is 30.6 Å². The molecule has 0 aliphatic rings. The van der Waals surface area contributed by atoms with Gasteiger partial charge in [0.1, 0.15) is 11.8 Å². The van der Waals surface area contributed by atoms with Crippen molar-refractivity contribution < 1.29 is 23.9 Å². The fourth-order valence-corrected chi connectivity index (χ4v) is 1.93. The standard InChI is InChI=1S/C16H22N2O5/c1-10(2)8-13(16(21)22-3)18-15(20)11-4-6-12(7-5-11)23-9-14(17)19/h4-7,10,13H,8-9H2,1-3H3,(H2,17,19)(H,18,20)/t13-/m0/s1. The van der Waals surface area contributed by atoms with Gasteiger partial charge in [-0.3, -0.25) is 9.59 Å². The maximum atomic E-state index is 12.2. The molecule has 0 fully saturated rings. The zero-order chi connectivity index (χ0) is 17.4. The van der Waals surface area contributed by atoms with Crippen LogP contribution < -0.4 is 15.8 Å². The fraction of sp³-hybridized carbons (Fsp3) is 0.438. The van der Waals surface area contributed by atoms with Crippen molar-refractivity contribution in [3.63, 3.8) is 0 Å². The van der Waals surface area contributed by atoms with Crippen LogP contribution in [-0.2, 0) is 14.3 Å². The van der Waals surface area contributed by atoms with Gasteiger partial charge >= 0.3 is 5.97 Å². The van der Waals surface area contributed by atoms with Gasteiger partial charge in [0.25, 0.3) is 11.8 Å². The molecule has 0 aromatic heterocycles. The predicted molar refractivity (Wildman–Crippen MR) is 83.9 cm³/mol. The van der Waals surface area contributed by atoms with Crippen molar-refractivity contribution in [3.05, 3.63) is 29.8 Å². The smallest absolute Gasteiger partial charge is 0.328 e. The van der Waals surface area contributed by atoms with E-state index >= 15 is 0 Å². The highest BCUT2D eigenvalue weighted by atomic mass is 16.5. The van der Waals surface area contributed by atoms with Crippen molar-refractivity contribution in [1.82, 2.24) is 5.32 Å². The first kappa shape index (κ1) is 18.5. The number of benzene rings is 1. The number of primary amides is 1. The molecule has 0 aliphatic carbocycles. The first-order chi connectivity index (χ1) is 10.8. The zero-order valence-electron chi connectivity index (χ0n) is 13.5. The second kappa shape index (κ2) is 8.77. The van der Waals surface area contributed by atoms with Gasteiger partial charge in [0.2, 0.25) is 0 Å². The number of rotatable bonds is 8. The van der Waals surface area contributed by atoms with Crippen molar-refractivity contribution in [2.75, 3.05) is 13.7 Å². The summed E-state index contributed by atoms with van der Waals surface area (Å²) in [5.41, 5.74) is 5.35. The monoisotopic (exact) mass is 322 g/mol. The Hall–Kier alpha value is -2.57. The van der Waals surface area contributed by atoms with Gasteiger partial charge in [-0.25, -0.2) is 4.79 Å². The number of ether oxygens (including phenoxy) is 2. The van der Waals surface area contributed by atoms with Gasteiger partial charge in [0.05, 0.1) is 7.11 Å². The van der Waals surface area contributed by atoms with Crippen molar-refractivity contribution in [2.24, 2.45) is 11.7 Å². The molecule has 0 unspecified atom stereocenters. The second-order valence-electron chi connectivity index (χ2n) is 5.46. The highest BCUT2D eigenvalue weighted by molar-refractivity contribution is 5.96. The Morgan fingerprint density at radius 3 is 2.26 bits per heavy atom. The number of carbonyl (C=O) groups is 3. The van der Waals surface area contributed by atoms with E-state index in [2.05, 4.69) is 5.32 Å². The van der Waals surface area contributed by atoms with Crippen molar-refractivity contribution in [2.45, 2.75) is 26.3 Å². The Morgan fingerprint density at radius 1 is 1.17 bits per heavy atom. The van der Waals surface area contributed by atoms with Crippen LogP contribution in [0.3, 0.4) is 0 Å². The molecule has 0 radical (unpaired) electrons. The summed E-state index contributed by atoms with van der Waals surface area (Å²) in [6, 6.07) is 5.48. The van der Waals surface area contributed by atoms with Gasteiger partial charge in [-0.2, -0.15) is 0 Å².